The summed E-state index contributed by atoms with van der Waals surface area (Å²) in [5.74, 6) is 0.930. The predicted molar refractivity (Wildman–Crippen MR) is 79.5 cm³/mol. The molecule has 0 amide bonds. The van der Waals surface area contributed by atoms with Gasteiger partial charge < -0.3 is 19.4 Å². The van der Waals surface area contributed by atoms with Crippen molar-refractivity contribution in [1.29, 1.82) is 0 Å². The Bertz CT molecular complexity index is 770. The highest BCUT2D eigenvalue weighted by Crippen LogP contribution is 2.31. The van der Waals surface area contributed by atoms with Crippen LogP contribution in [0, 0.1) is 0 Å². The Kier molecular flexibility index (Phi) is 4.53. The van der Waals surface area contributed by atoms with Crippen LogP contribution in [0.5, 0.6) is 11.5 Å². The molecule has 2 aromatic rings. The number of pyridine rings is 1. The van der Waals surface area contributed by atoms with Gasteiger partial charge in [0.15, 0.2) is 11.5 Å². The summed E-state index contributed by atoms with van der Waals surface area (Å²) in [5.41, 5.74) is -1.29. The van der Waals surface area contributed by atoms with Gasteiger partial charge in [-0.2, -0.15) is 13.2 Å². The van der Waals surface area contributed by atoms with Crippen LogP contribution < -0.4 is 20.3 Å². The van der Waals surface area contributed by atoms with Gasteiger partial charge in [0.05, 0.1) is 14.2 Å². The largest absolute Gasteiger partial charge is 0.493 e. The van der Waals surface area contributed by atoms with E-state index in [4.69, 9.17) is 9.47 Å². The smallest absolute Gasteiger partial charge is 0.431 e. The standard InChI is InChI=1S/C15H15F3N2O3/c1-20-13(15(16,17)18)7-5-10(14(20)21)19-9-4-6-11(22-2)12(8-9)23-3/h4-8,19H,1-3H3. The fourth-order valence-electron chi connectivity index (χ4n) is 2.08. The summed E-state index contributed by atoms with van der Waals surface area (Å²) >= 11 is 0. The van der Waals surface area contributed by atoms with Gasteiger partial charge in [0.25, 0.3) is 5.56 Å². The Morgan fingerprint density at radius 2 is 1.70 bits per heavy atom. The minimum absolute atomic E-state index is 0.0210. The number of hydrogen-bond acceptors (Lipinski definition) is 4. The third kappa shape index (κ3) is 3.41. The molecule has 0 aliphatic heterocycles. The highest BCUT2D eigenvalue weighted by Gasteiger charge is 2.33. The zero-order valence-electron chi connectivity index (χ0n) is 12.7. The van der Waals surface area contributed by atoms with Gasteiger partial charge in [-0.15, -0.1) is 0 Å². The molecular formula is C15H15F3N2O3. The lowest BCUT2D eigenvalue weighted by Gasteiger charge is -2.14. The zero-order valence-corrected chi connectivity index (χ0v) is 12.7. The number of alkyl halides is 3. The van der Waals surface area contributed by atoms with Crippen LogP contribution in [-0.2, 0) is 13.2 Å². The van der Waals surface area contributed by atoms with Crippen LogP contribution in [0.2, 0.25) is 0 Å². The van der Waals surface area contributed by atoms with E-state index in [2.05, 4.69) is 5.32 Å². The first-order chi connectivity index (χ1) is 10.8. The number of methoxy groups -OCH3 is 2. The quantitative estimate of drug-likeness (QED) is 0.937. The predicted octanol–water partition coefficient (Wildman–Crippen LogP) is 3.16. The van der Waals surface area contributed by atoms with E-state index in [1.165, 1.54) is 14.2 Å². The number of nitrogens with one attached hydrogen (secondary N) is 1. The molecular weight excluding hydrogens is 313 g/mol. The van der Waals surface area contributed by atoms with Crippen LogP contribution in [0.3, 0.4) is 0 Å². The fourth-order valence-corrected chi connectivity index (χ4v) is 2.08. The van der Waals surface area contributed by atoms with Crippen LogP contribution in [-0.4, -0.2) is 18.8 Å². The lowest BCUT2D eigenvalue weighted by molar-refractivity contribution is -0.143. The van der Waals surface area contributed by atoms with Crippen molar-refractivity contribution < 1.29 is 22.6 Å². The van der Waals surface area contributed by atoms with E-state index < -0.39 is 17.4 Å². The van der Waals surface area contributed by atoms with Gasteiger partial charge in [-0.25, -0.2) is 0 Å². The summed E-state index contributed by atoms with van der Waals surface area (Å²) in [7, 11) is 4.01. The first-order valence-corrected chi connectivity index (χ1v) is 6.54. The van der Waals surface area contributed by atoms with E-state index >= 15 is 0 Å². The molecule has 5 nitrogen and oxygen atoms in total. The second-order valence-electron chi connectivity index (χ2n) is 4.69. The van der Waals surface area contributed by atoms with Gasteiger partial charge in [-0.3, -0.25) is 4.79 Å². The van der Waals surface area contributed by atoms with Crippen molar-refractivity contribution in [2.24, 2.45) is 7.05 Å². The summed E-state index contributed by atoms with van der Waals surface area (Å²) in [6.07, 6.45) is -4.59. The van der Waals surface area contributed by atoms with Gasteiger partial charge in [-0.05, 0) is 24.3 Å². The molecule has 0 spiro atoms. The molecule has 8 heteroatoms. The first-order valence-electron chi connectivity index (χ1n) is 6.54. The van der Waals surface area contributed by atoms with Gasteiger partial charge in [-0.1, -0.05) is 0 Å². The number of aromatic nitrogens is 1. The Hall–Kier alpha value is -2.64. The van der Waals surface area contributed by atoms with Crippen molar-refractivity contribution in [2.75, 3.05) is 19.5 Å². The molecule has 1 heterocycles. The van der Waals surface area contributed by atoms with E-state index in [-0.39, 0.29) is 5.69 Å². The summed E-state index contributed by atoms with van der Waals surface area (Å²) < 4.78 is 49.1. The van der Waals surface area contributed by atoms with Crippen molar-refractivity contribution in [1.82, 2.24) is 4.57 Å². The third-order valence-electron chi connectivity index (χ3n) is 3.26. The number of ether oxygens (including phenoxy) is 2. The minimum atomic E-state index is -4.59. The molecule has 2 rings (SSSR count). The molecule has 0 radical (unpaired) electrons. The summed E-state index contributed by atoms with van der Waals surface area (Å²) in [6.45, 7) is 0. The van der Waals surface area contributed by atoms with Crippen LogP contribution in [0.25, 0.3) is 0 Å². The lowest BCUT2D eigenvalue weighted by Crippen LogP contribution is -2.26. The van der Waals surface area contributed by atoms with E-state index in [1.807, 2.05) is 0 Å². The van der Waals surface area contributed by atoms with E-state index in [0.717, 1.165) is 19.2 Å². The average molecular weight is 328 g/mol. The molecule has 0 saturated carbocycles. The number of benzene rings is 1. The highest BCUT2D eigenvalue weighted by molar-refractivity contribution is 5.63. The van der Waals surface area contributed by atoms with Crippen LogP contribution >= 0.6 is 0 Å². The fraction of sp³-hybridized carbons (Fsp3) is 0.267. The number of halogens is 3. The Balaban J connectivity index is 2.38. The van der Waals surface area contributed by atoms with Crippen LogP contribution in [0.15, 0.2) is 35.1 Å². The normalized spacial score (nSPS) is 11.2. The molecule has 0 saturated heterocycles. The molecule has 0 aliphatic rings. The maximum atomic E-state index is 12.8. The molecule has 0 atom stereocenters. The van der Waals surface area contributed by atoms with E-state index in [9.17, 15) is 18.0 Å². The van der Waals surface area contributed by atoms with Crippen molar-refractivity contribution in [3.05, 3.63) is 46.4 Å². The monoisotopic (exact) mass is 328 g/mol. The summed E-state index contributed by atoms with van der Waals surface area (Å²) in [4.78, 5) is 12.1. The van der Waals surface area contributed by atoms with Crippen molar-refractivity contribution >= 4 is 11.4 Å². The molecule has 0 unspecified atom stereocenters. The number of anilines is 2. The molecule has 0 aliphatic carbocycles. The second-order valence-corrected chi connectivity index (χ2v) is 4.69. The molecule has 1 aromatic carbocycles. The SMILES string of the molecule is COc1ccc(Nc2ccc(C(F)(F)F)n(C)c2=O)cc1OC. The third-order valence-corrected chi connectivity index (χ3v) is 3.26. The van der Waals surface area contributed by atoms with Crippen LogP contribution in [0.4, 0.5) is 24.5 Å². The Labute approximate surface area is 130 Å². The minimum Gasteiger partial charge on any atom is -0.493 e. The first kappa shape index (κ1) is 16.7. The summed E-state index contributed by atoms with van der Waals surface area (Å²) in [6, 6.07) is 6.77. The molecule has 1 N–H and O–H groups in total. The maximum absolute atomic E-state index is 12.8. The maximum Gasteiger partial charge on any atom is 0.431 e. The van der Waals surface area contributed by atoms with E-state index in [1.54, 1.807) is 18.2 Å². The van der Waals surface area contributed by atoms with Gasteiger partial charge in [0.2, 0.25) is 0 Å². The molecule has 124 valence electrons. The molecule has 23 heavy (non-hydrogen) atoms. The second kappa shape index (κ2) is 6.23. The van der Waals surface area contributed by atoms with Gasteiger partial charge in [0.1, 0.15) is 11.4 Å². The number of rotatable bonds is 4. The highest BCUT2D eigenvalue weighted by atomic mass is 19.4. The Morgan fingerprint density at radius 1 is 1.04 bits per heavy atom. The van der Waals surface area contributed by atoms with E-state index in [0.29, 0.717) is 21.8 Å². The zero-order chi connectivity index (χ0) is 17.2. The van der Waals surface area contributed by atoms with Gasteiger partial charge >= 0.3 is 6.18 Å². The molecule has 1 aromatic heterocycles. The molecule has 0 bridgehead atoms. The van der Waals surface area contributed by atoms with Crippen molar-refractivity contribution in [3.63, 3.8) is 0 Å². The van der Waals surface area contributed by atoms with Crippen molar-refractivity contribution in [3.8, 4) is 11.5 Å². The average Bonchev–Trinajstić information content (AvgIpc) is 2.50. The Morgan fingerprint density at radius 3 is 2.26 bits per heavy atom. The summed E-state index contributed by atoms with van der Waals surface area (Å²) in [5, 5.41) is 2.78. The number of hydrogen-bond donors (Lipinski definition) is 1. The van der Waals surface area contributed by atoms with Crippen LogP contribution in [0.1, 0.15) is 5.69 Å². The van der Waals surface area contributed by atoms with Gasteiger partial charge in [0, 0.05) is 18.8 Å². The molecule has 0 fully saturated rings. The topological polar surface area (TPSA) is 52.5 Å². The number of nitrogens with zero attached hydrogens (tertiary/aromatic N) is 1. The lowest BCUT2D eigenvalue weighted by atomic mass is 10.2. The van der Waals surface area contributed by atoms with Crippen molar-refractivity contribution in [2.45, 2.75) is 6.18 Å².